The molecule has 0 aliphatic rings. The van der Waals surface area contributed by atoms with E-state index in [1.165, 1.54) is 17.4 Å². The van der Waals surface area contributed by atoms with Crippen molar-refractivity contribution in [3.05, 3.63) is 56.5 Å². The zero-order valence-corrected chi connectivity index (χ0v) is 16.9. The van der Waals surface area contributed by atoms with Crippen LogP contribution in [0.4, 0.5) is 13.2 Å². The summed E-state index contributed by atoms with van der Waals surface area (Å²) in [6.45, 7) is 1.63. The van der Waals surface area contributed by atoms with Crippen molar-refractivity contribution < 1.29 is 18.0 Å². The van der Waals surface area contributed by atoms with Gasteiger partial charge in [-0.1, -0.05) is 11.6 Å². The van der Waals surface area contributed by atoms with Crippen LogP contribution in [0.2, 0.25) is 5.02 Å². The summed E-state index contributed by atoms with van der Waals surface area (Å²) in [4.78, 5) is 21.4. The van der Waals surface area contributed by atoms with Crippen LogP contribution in [0.15, 0.2) is 30.3 Å². The Balaban J connectivity index is 1.78. The molecular formula is C19H9ClF3N3OS2. The van der Waals surface area contributed by atoms with Crippen LogP contribution in [0.5, 0.6) is 0 Å². The van der Waals surface area contributed by atoms with Crippen molar-refractivity contribution in [2.45, 2.75) is 19.0 Å². The van der Waals surface area contributed by atoms with Gasteiger partial charge in [-0.2, -0.15) is 18.4 Å². The first-order valence-electron chi connectivity index (χ1n) is 8.16. The highest BCUT2D eigenvalue weighted by Crippen LogP contribution is 2.37. The van der Waals surface area contributed by atoms with Crippen LogP contribution in [-0.2, 0) is 6.18 Å². The lowest BCUT2D eigenvalue weighted by Crippen LogP contribution is -2.10. The molecule has 4 nitrogen and oxygen atoms in total. The van der Waals surface area contributed by atoms with Crippen LogP contribution in [0.3, 0.4) is 0 Å². The molecule has 1 aromatic carbocycles. The maximum absolute atomic E-state index is 13.1. The Hall–Kier alpha value is -2.54. The molecule has 10 heteroatoms. The van der Waals surface area contributed by atoms with E-state index in [0.717, 1.165) is 22.1 Å². The Labute approximate surface area is 175 Å². The molecule has 0 amide bonds. The van der Waals surface area contributed by atoms with E-state index >= 15 is 0 Å². The van der Waals surface area contributed by atoms with Crippen molar-refractivity contribution in [3.8, 4) is 6.07 Å². The predicted octanol–water partition coefficient (Wildman–Crippen LogP) is 6.38. The van der Waals surface area contributed by atoms with E-state index in [4.69, 9.17) is 11.6 Å². The van der Waals surface area contributed by atoms with Gasteiger partial charge in [-0.3, -0.25) is 4.79 Å². The number of pyridine rings is 1. The minimum Gasteiger partial charge on any atom is -0.291 e. The quantitative estimate of drug-likeness (QED) is 0.339. The summed E-state index contributed by atoms with van der Waals surface area (Å²) in [6, 6.07) is 9.24. The second kappa shape index (κ2) is 7.06. The second-order valence-electron chi connectivity index (χ2n) is 6.19. The van der Waals surface area contributed by atoms with E-state index in [0.29, 0.717) is 26.5 Å². The summed E-state index contributed by atoms with van der Waals surface area (Å²) < 4.78 is 39.6. The molecular weight excluding hydrogens is 443 g/mol. The number of Topliss-reactive ketones (excluding diaryl/α,β-unsaturated/α-hetero) is 1. The molecule has 0 N–H and O–H groups in total. The molecule has 0 bridgehead atoms. The number of carbonyl (C=O) groups excluding carboxylic acids is 1. The number of hydrogen-bond acceptors (Lipinski definition) is 6. The molecule has 0 radical (unpaired) electrons. The number of halogens is 4. The molecule has 0 aliphatic carbocycles. The monoisotopic (exact) mass is 451 g/mol. The molecule has 1 unspecified atom stereocenters. The van der Waals surface area contributed by atoms with E-state index in [2.05, 4.69) is 9.97 Å². The average Bonchev–Trinajstić information content (AvgIpc) is 3.22. The molecule has 3 heterocycles. The van der Waals surface area contributed by atoms with Crippen LogP contribution in [0.25, 0.3) is 20.4 Å². The summed E-state index contributed by atoms with van der Waals surface area (Å²) in [6.07, 6.45) is -4.58. The lowest BCUT2D eigenvalue weighted by atomic mass is 10.0. The van der Waals surface area contributed by atoms with Gasteiger partial charge in [0.2, 0.25) is 0 Å². The summed E-state index contributed by atoms with van der Waals surface area (Å²) >= 11 is 8.02. The van der Waals surface area contributed by atoms with Gasteiger partial charge < -0.3 is 0 Å². The number of carbonyl (C=O) groups is 1. The van der Waals surface area contributed by atoms with Crippen molar-refractivity contribution in [1.29, 1.82) is 5.26 Å². The Morgan fingerprint density at radius 2 is 1.97 bits per heavy atom. The van der Waals surface area contributed by atoms with Gasteiger partial charge in [0.25, 0.3) is 0 Å². The minimum absolute atomic E-state index is 0.105. The zero-order valence-electron chi connectivity index (χ0n) is 14.5. The Bertz CT molecular complexity index is 1320. The lowest BCUT2D eigenvalue weighted by Gasteiger charge is -2.04. The van der Waals surface area contributed by atoms with Crippen molar-refractivity contribution in [3.63, 3.8) is 0 Å². The van der Waals surface area contributed by atoms with Gasteiger partial charge in [0.15, 0.2) is 11.7 Å². The number of benzene rings is 1. The number of hydrogen-bond donors (Lipinski definition) is 0. The van der Waals surface area contributed by atoms with E-state index < -0.39 is 23.6 Å². The van der Waals surface area contributed by atoms with Crippen LogP contribution in [-0.4, -0.2) is 15.8 Å². The topological polar surface area (TPSA) is 66.6 Å². The highest BCUT2D eigenvalue weighted by atomic mass is 35.5. The standard InChI is InChI=1S/C19H9ClF3N3OS2/c1-8-10-3-5-14(19(21,22)23)26-17(10)29-16(8)15(27)11(7-24)18-25-12-6-9(20)2-4-13(12)28-18/h2-6,11H,1H3. The largest absolute Gasteiger partial charge is 0.433 e. The third-order valence-electron chi connectivity index (χ3n) is 4.32. The zero-order chi connectivity index (χ0) is 20.9. The molecule has 146 valence electrons. The predicted molar refractivity (Wildman–Crippen MR) is 107 cm³/mol. The Morgan fingerprint density at radius 3 is 2.66 bits per heavy atom. The Morgan fingerprint density at radius 1 is 1.21 bits per heavy atom. The van der Waals surface area contributed by atoms with Crippen LogP contribution >= 0.6 is 34.3 Å². The summed E-state index contributed by atoms with van der Waals surface area (Å²) in [7, 11) is 0. The molecule has 0 aliphatic heterocycles. The lowest BCUT2D eigenvalue weighted by molar-refractivity contribution is -0.140. The van der Waals surface area contributed by atoms with E-state index in [-0.39, 0.29) is 9.71 Å². The molecule has 1 atom stereocenters. The smallest absolute Gasteiger partial charge is 0.291 e. The number of fused-ring (bicyclic) bond motifs is 2. The SMILES string of the molecule is Cc1c(C(=O)C(C#N)c2nc3cc(Cl)ccc3s2)sc2nc(C(F)(F)F)ccc12. The highest BCUT2D eigenvalue weighted by molar-refractivity contribution is 7.21. The second-order valence-corrected chi connectivity index (χ2v) is 8.69. The number of aryl methyl sites for hydroxylation is 1. The highest BCUT2D eigenvalue weighted by Gasteiger charge is 2.34. The van der Waals surface area contributed by atoms with Crippen molar-refractivity contribution in [1.82, 2.24) is 9.97 Å². The van der Waals surface area contributed by atoms with Gasteiger partial charge in [-0.05, 0) is 42.8 Å². The number of ketones is 1. The van der Waals surface area contributed by atoms with E-state index in [1.54, 1.807) is 25.1 Å². The van der Waals surface area contributed by atoms with Gasteiger partial charge in [0.1, 0.15) is 15.5 Å². The van der Waals surface area contributed by atoms with Gasteiger partial charge in [0, 0.05) is 10.4 Å². The molecule has 0 saturated carbocycles. The fourth-order valence-electron chi connectivity index (χ4n) is 2.89. The first kappa shape index (κ1) is 19.8. The maximum atomic E-state index is 13.1. The van der Waals surface area contributed by atoms with Crippen molar-refractivity contribution >= 4 is 60.5 Å². The fraction of sp³-hybridized carbons (Fsp3) is 0.158. The van der Waals surface area contributed by atoms with Crippen LogP contribution in [0.1, 0.15) is 31.9 Å². The summed E-state index contributed by atoms with van der Waals surface area (Å²) in [5.41, 5.74) is 0.0564. The minimum atomic E-state index is -4.58. The third kappa shape index (κ3) is 3.48. The molecule has 0 spiro atoms. The van der Waals surface area contributed by atoms with Crippen LogP contribution in [0, 0.1) is 18.3 Å². The number of aromatic nitrogens is 2. The van der Waals surface area contributed by atoms with E-state index in [1.807, 2.05) is 6.07 Å². The maximum Gasteiger partial charge on any atom is 0.433 e. The summed E-state index contributed by atoms with van der Waals surface area (Å²) in [5, 5.41) is 10.9. The molecule has 29 heavy (non-hydrogen) atoms. The van der Waals surface area contributed by atoms with Crippen LogP contribution < -0.4 is 0 Å². The third-order valence-corrected chi connectivity index (χ3v) is 6.87. The normalized spacial score (nSPS) is 13.0. The van der Waals surface area contributed by atoms with Gasteiger partial charge in [0.05, 0.1) is 21.2 Å². The van der Waals surface area contributed by atoms with Crippen molar-refractivity contribution in [2.24, 2.45) is 0 Å². The first-order valence-corrected chi connectivity index (χ1v) is 10.2. The molecule has 4 aromatic rings. The number of alkyl halides is 3. The molecule has 3 aromatic heterocycles. The number of nitrogens with zero attached hydrogens (tertiary/aromatic N) is 3. The number of nitriles is 1. The molecule has 0 saturated heterocycles. The van der Waals surface area contributed by atoms with Gasteiger partial charge >= 0.3 is 6.18 Å². The fourth-order valence-corrected chi connectivity index (χ4v) is 5.20. The van der Waals surface area contributed by atoms with Gasteiger partial charge in [-0.15, -0.1) is 22.7 Å². The number of thiazole rings is 1. The van der Waals surface area contributed by atoms with E-state index in [9.17, 15) is 23.2 Å². The Kier molecular flexibility index (Phi) is 4.81. The average molecular weight is 452 g/mol. The number of rotatable bonds is 3. The van der Waals surface area contributed by atoms with Crippen molar-refractivity contribution in [2.75, 3.05) is 0 Å². The first-order chi connectivity index (χ1) is 13.7. The summed E-state index contributed by atoms with van der Waals surface area (Å²) in [5.74, 6) is -1.67. The number of thiophene rings is 1. The molecule has 0 fully saturated rings. The molecule has 4 rings (SSSR count). The van der Waals surface area contributed by atoms with Gasteiger partial charge in [-0.25, -0.2) is 9.97 Å².